The molecule has 5 nitrogen and oxygen atoms in total. The number of hydrogen-bond acceptors (Lipinski definition) is 5. The molecule has 0 aromatic carbocycles. The summed E-state index contributed by atoms with van der Waals surface area (Å²) in [7, 11) is 0. The van der Waals surface area contributed by atoms with Gasteiger partial charge in [-0.25, -0.2) is 0 Å². The van der Waals surface area contributed by atoms with Gasteiger partial charge in [0.1, 0.15) is 11.5 Å². The normalized spacial score (nSPS) is 10.1. The first-order chi connectivity index (χ1) is 11.2. The number of unbranched alkanes of at least 4 members (excludes halogenated alkanes) is 1. The Hall–Kier alpha value is -2.69. The SMILES string of the molecule is C=Cc1ccc(OCCCCOc2ccc(C(C)=N)nc2)cn1. The molecule has 0 aliphatic heterocycles. The van der Waals surface area contributed by atoms with Gasteiger partial charge in [-0.2, -0.15) is 0 Å². The lowest BCUT2D eigenvalue weighted by Gasteiger charge is -2.08. The molecule has 1 N–H and O–H groups in total. The molecule has 120 valence electrons. The van der Waals surface area contributed by atoms with E-state index in [1.807, 2.05) is 18.2 Å². The first kappa shape index (κ1) is 16.7. The summed E-state index contributed by atoms with van der Waals surface area (Å²) in [5.41, 5.74) is 1.95. The van der Waals surface area contributed by atoms with Crippen molar-refractivity contribution in [2.24, 2.45) is 0 Å². The van der Waals surface area contributed by atoms with Gasteiger partial charge in [0.25, 0.3) is 0 Å². The molecule has 0 aliphatic carbocycles. The maximum Gasteiger partial charge on any atom is 0.137 e. The summed E-state index contributed by atoms with van der Waals surface area (Å²) in [5, 5.41) is 7.49. The zero-order valence-corrected chi connectivity index (χ0v) is 13.3. The van der Waals surface area contributed by atoms with Gasteiger partial charge in [0.05, 0.1) is 42.7 Å². The first-order valence-electron chi connectivity index (χ1n) is 7.54. The second-order valence-electron chi connectivity index (χ2n) is 5.03. The Bertz CT molecular complexity index is 636. The van der Waals surface area contributed by atoms with Crippen molar-refractivity contribution in [2.75, 3.05) is 13.2 Å². The smallest absolute Gasteiger partial charge is 0.137 e. The Kier molecular flexibility index (Phi) is 6.29. The van der Waals surface area contributed by atoms with E-state index in [-0.39, 0.29) is 0 Å². The number of rotatable bonds is 9. The maximum absolute atomic E-state index is 7.49. The van der Waals surface area contributed by atoms with Gasteiger partial charge < -0.3 is 14.9 Å². The third-order valence-electron chi connectivity index (χ3n) is 3.17. The average Bonchev–Trinajstić information content (AvgIpc) is 2.59. The largest absolute Gasteiger partial charge is 0.492 e. The van der Waals surface area contributed by atoms with Gasteiger partial charge in [0.2, 0.25) is 0 Å². The Morgan fingerprint density at radius 2 is 1.65 bits per heavy atom. The van der Waals surface area contributed by atoms with Crippen LogP contribution in [-0.4, -0.2) is 28.9 Å². The van der Waals surface area contributed by atoms with Crippen molar-refractivity contribution in [1.29, 1.82) is 5.41 Å². The summed E-state index contributed by atoms with van der Waals surface area (Å²) in [6.45, 7) is 6.61. The molecule has 0 bridgehead atoms. The van der Waals surface area contributed by atoms with Crippen molar-refractivity contribution in [3.63, 3.8) is 0 Å². The fourth-order valence-electron chi connectivity index (χ4n) is 1.87. The fourth-order valence-corrected chi connectivity index (χ4v) is 1.87. The molecule has 2 aromatic rings. The zero-order valence-electron chi connectivity index (χ0n) is 13.3. The van der Waals surface area contributed by atoms with Crippen molar-refractivity contribution in [3.05, 3.63) is 54.6 Å². The van der Waals surface area contributed by atoms with Gasteiger partial charge in [-0.05, 0) is 50.1 Å². The van der Waals surface area contributed by atoms with Crippen LogP contribution in [0.3, 0.4) is 0 Å². The lowest BCUT2D eigenvalue weighted by Crippen LogP contribution is -2.03. The van der Waals surface area contributed by atoms with E-state index in [1.165, 1.54) is 0 Å². The van der Waals surface area contributed by atoms with Crippen LogP contribution in [0.4, 0.5) is 0 Å². The molecule has 0 fully saturated rings. The van der Waals surface area contributed by atoms with E-state index < -0.39 is 0 Å². The van der Waals surface area contributed by atoms with Crippen LogP contribution in [-0.2, 0) is 0 Å². The molecule has 0 unspecified atom stereocenters. The van der Waals surface area contributed by atoms with Gasteiger partial charge in [0.15, 0.2) is 0 Å². The summed E-state index contributed by atoms with van der Waals surface area (Å²) in [5.74, 6) is 1.48. The van der Waals surface area contributed by atoms with Gasteiger partial charge in [-0.15, -0.1) is 0 Å². The van der Waals surface area contributed by atoms with E-state index in [1.54, 1.807) is 31.5 Å². The minimum Gasteiger partial charge on any atom is -0.492 e. The van der Waals surface area contributed by atoms with Gasteiger partial charge >= 0.3 is 0 Å². The second kappa shape index (κ2) is 8.68. The molecule has 0 aliphatic rings. The molecular weight excluding hydrogens is 290 g/mol. The average molecular weight is 311 g/mol. The molecule has 0 spiro atoms. The maximum atomic E-state index is 7.49. The minimum atomic E-state index is 0.448. The molecule has 2 aromatic heterocycles. The minimum absolute atomic E-state index is 0.448. The van der Waals surface area contributed by atoms with Crippen molar-refractivity contribution >= 4 is 11.8 Å². The van der Waals surface area contributed by atoms with Gasteiger partial charge in [-0.1, -0.05) is 6.58 Å². The van der Waals surface area contributed by atoms with E-state index in [0.29, 0.717) is 24.6 Å². The zero-order chi connectivity index (χ0) is 16.5. The van der Waals surface area contributed by atoms with Gasteiger partial charge in [0, 0.05) is 0 Å². The van der Waals surface area contributed by atoms with E-state index in [9.17, 15) is 0 Å². The van der Waals surface area contributed by atoms with Crippen LogP contribution in [0.1, 0.15) is 31.2 Å². The van der Waals surface area contributed by atoms with Crippen LogP contribution in [0.2, 0.25) is 0 Å². The number of pyridine rings is 2. The highest BCUT2D eigenvalue weighted by Crippen LogP contribution is 2.12. The predicted octanol–water partition coefficient (Wildman–Crippen LogP) is 3.75. The third kappa shape index (κ3) is 5.54. The van der Waals surface area contributed by atoms with Crippen LogP contribution in [0.25, 0.3) is 6.08 Å². The number of nitrogens with one attached hydrogen (secondary N) is 1. The molecule has 23 heavy (non-hydrogen) atoms. The summed E-state index contributed by atoms with van der Waals surface area (Å²) < 4.78 is 11.2. The van der Waals surface area contributed by atoms with Crippen LogP contribution in [0.5, 0.6) is 11.5 Å². The van der Waals surface area contributed by atoms with Crippen LogP contribution < -0.4 is 9.47 Å². The highest BCUT2D eigenvalue weighted by atomic mass is 16.5. The number of hydrogen-bond donors (Lipinski definition) is 1. The molecule has 0 saturated heterocycles. The first-order valence-corrected chi connectivity index (χ1v) is 7.54. The van der Waals surface area contributed by atoms with Crippen molar-refractivity contribution in [3.8, 4) is 11.5 Å². The summed E-state index contributed by atoms with van der Waals surface area (Å²) in [6, 6.07) is 7.39. The lowest BCUT2D eigenvalue weighted by atomic mass is 10.2. The molecule has 0 radical (unpaired) electrons. The number of aromatic nitrogens is 2. The van der Waals surface area contributed by atoms with Gasteiger partial charge in [-0.3, -0.25) is 9.97 Å². The summed E-state index contributed by atoms with van der Waals surface area (Å²) >= 11 is 0. The molecule has 0 saturated carbocycles. The monoisotopic (exact) mass is 311 g/mol. The van der Waals surface area contributed by atoms with E-state index in [2.05, 4.69) is 16.5 Å². The lowest BCUT2D eigenvalue weighted by molar-refractivity contribution is 0.265. The molecule has 5 heteroatoms. The van der Waals surface area contributed by atoms with Crippen molar-refractivity contribution < 1.29 is 9.47 Å². The van der Waals surface area contributed by atoms with Crippen molar-refractivity contribution in [1.82, 2.24) is 9.97 Å². The van der Waals surface area contributed by atoms with Crippen LogP contribution in [0, 0.1) is 5.41 Å². The van der Waals surface area contributed by atoms with E-state index in [0.717, 1.165) is 30.0 Å². The number of nitrogens with zero attached hydrogens (tertiary/aromatic N) is 2. The Labute approximate surface area is 136 Å². The van der Waals surface area contributed by atoms with Crippen molar-refractivity contribution in [2.45, 2.75) is 19.8 Å². The second-order valence-corrected chi connectivity index (χ2v) is 5.03. The summed E-state index contributed by atoms with van der Waals surface area (Å²) in [6.07, 6.45) is 6.84. The Morgan fingerprint density at radius 1 is 1.04 bits per heavy atom. The summed E-state index contributed by atoms with van der Waals surface area (Å²) in [4.78, 5) is 8.34. The highest BCUT2D eigenvalue weighted by Gasteiger charge is 1.99. The molecule has 0 amide bonds. The number of ether oxygens (including phenoxy) is 2. The van der Waals surface area contributed by atoms with E-state index >= 15 is 0 Å². The third-order valence-corrected chi connectivity index (χ3v) is 3.17. The molecule has 2 heterocycles. The quantitative estimate of drug-likeness (QED) is 0.566. The standard InChI is InChI=1S/C18H21N3O2/c1-3-15-6-7-16(12-20-15)22-10-4-5-11-23-17-8-9-18(14(2)19)21-13-17/h3,6-9,12-13,19H,1,4-5,10-11H2,2H3. The predicted molar refractivity (Wildman–Crippen MR) is 91.3 cm³/mol. The topological polar surface area (TPSA) is 68.1 Å². The molecule has 0 atom stereocenters. The van der Waals surface area contributed by atoms with Crippen LogP contribution in [0.15, 0.2) is 43.2 Å². The van der Waals surface area contributed by atoms with Crippen LogP contribution >= 0.6 is 0 Å². The molecular formula is C18H21N3O2. The Balaban J connectivity index is 1.61. The highest BCUT2D eigenvalue weighted by molar-refractivity contribution is 5.94. The molecule has 2 rings (SSSR count). The fraction of sp³-hybridized carbons (Fsp3) is 0.278. The Morgan fingerprint density at radius 3 is 2.09 bits per heavy atom. The van der Waals surface area contributed by atoms with E-state index in [4.69, 9.17) is 14.9 Å².